The smallest absolute Gasteiger partial charge is 0.410 e. The third-order valence-corrected chi connectivity index (χ3v) is 3.50. The molecule has 0 heterocycles. The molecule has 0 radical (unpaired) electrons. The van der Waals surface area contributed by atoms with Crippen molar-refractivity contribution in [2.45, 2.75) is 38.3 Å². The predicted molar refractivity (Wildman–Crippen MR) is 71.7 cm³/mol. The third kappa shape index (κ3) is 3.81. The molecule has 1 aliphatic carbocycles. The van der Waals surface area contributed by atoms with E-state index >= 15 is 0 Å². The van der Waals surface area contributed by atoms with Crippen molar-refractivity contribution in [3.63, 3.8) is 0 Å². The Morgan fingerprint density at radius 2 is 2.11 bits per heavy atom. The Morgan fingerprint density at radius 3 is 2.79 bits per heavy atom. The van der Waals surface area contributed by atoms with E-state index in [0.717, 1.165) is 18.4 Å². The first-order chi connectivity index (χ1) is 9.16. The Labute approximate surface area is 113 Å². The van der Waals surface area contributed by atoms with Crippen LogP contribution in [0.25, 0.3) is 0 Å². The van der Waals surface area contributed by atoms with Crippen molar-refractivity contribution < 1.29 is 14.3 Å². The fraction of sp³-hybridized carbons (Fsp3) is 0.467. The average Bonchev–Trinajstić information content (AvgIpc) is 2.45. The molecule has 2 rings (SSSR count). The summed E-state index contributed by atoms with van der Waals surface area (Å²) in [6.07, 6.45) is 2.48. The highest BCUT2D eigenvalue weighted by Gasteiger charge is 2.26. The number of carbonyl (C=O) groups excluding carboxylic acids is 2. The van der Waals surface area contributed by atoms with Crippen LogP contribution in [0, 0.1) is 0 Å². The molecule has 1 saturated carbocycles. The Balaban J connectivity index is 1.83. The van der Waals surface area contributed by atoms with E-state index < -0.39 is 0 Å². The zero-order valence-electron chi connectivity index (χ0n) is 11.2. The third-order valence-electron chi connectivity index (χ3n) is 3.50. The van der Waals surface area contributed by atoms with Crippen molar-refractivity contribution >= 4 is 11.9 Å². The Morgan fingerprint density at radius 1 is 1.37 bits per heavy atom. The molecule has 1 unspecified atom stereocenters. The van der Waals surface area contributed by atoms with Gasteiger partial charge in [0.25, 0.3) is 0 Å². The molecule has 4 heteroatoms. The Hall–Kier alpha value is -1.84. The second-order valence-electron chi connectivity index (χ2n) is 4.94. The van der Waals surface area contributed by atoms with Gasteiger partial charge in [-0.05, 0) is 18.4 Å². The maximum absolute atomic E-state index is 11.9. The summed E-state index contributed by atoms with van der Waals surface area (Å²) in [5.74, 6) is 0.235. The van der Waals surface area contributed by atoms with E-state index in [1.807, 2.05) is 30.3 Å². The van der Waals surface area contributed by atoms with Gasteiger partial charge in [0.15, 0.2) is 0 Å². The molecule has 1 fully saturated rings. The summed E-state index contributed by atoms with van der Waals surface area (Å²) in [7, 11) is 1.70. The summed E-state index contributed by atoms with van der Waals surface area (Å²) in [5, 5.41) is 0. The molecule has 0 N–H and O–H groups in total. The van der Waals surface area contributed by atoms with Gasteiger partial charge >= 0.3 is 6.09 Å². The minimum absolute atomic E-state index is 0.00970. The minimum Gasteiger partial charge on any atom is -0.445 e. The number of benzene rings is 1. The van der Waals surface area contributed by atoms with E-state index in [1.165, 1.54) is 0 Å². The standard InChI is InChI=1S/C15H19NO3/c1-16(13-8-5-9-14(17)10-13)15(18)19-11-12-6-3-2-4-7-12/h2-4,6-7,13H,5,8-11H2,1H3. The Bertz CT molecular complexity index is 444. The molecule has 0 aromatic heterocycles. The molecule has 1 atom stereocenters. The van der Waals surface area contributed by atoms with Crippen LogP contribution in [-0.2, 0) is 16.1 Å². The summed E-state index contributed by atoms with van der Waals surface area (Å²) in [5.41, 5.74) is 0.962. The summed E-state index contributed by atoms with van der Waals surface area (Å²) < 4.78 is 5.25. The van der Waals surface area contributed by atoms with Crippen LogP contribution in [-0.4, -0.2) is 29.9 Å². The van der Waals surface area contributed by atoms with Gasteiger partial charge in [-0.15, -0.1) is 0 Å². The molecule has 4 nitrogen and oxygen atoms in total. The first-order valence-electron chi connectivity index (χ1n) is 6.62. The molecule has 1 aliphatic rings. The van der Waals surface area contributed by atoms with Crippen LogP contribution in [0.1, 0.15) is 31.2 Å². The molecule has 0 saturated heterocycles. The maximum Gasteiger partial charge on any atom is 0.410 e. The fourth-order valence-corrected chi connectivity index (χ4v) is 2.30. The number of amides is 1. The summed E-state index contributed by atoms with van der Waals surface area (Å²) in [6, 6.07) is 9.56. The van der Waals surface area contributed by atoms with Crippen molar-refractivity contribution in [2.75, 3.05) is 7.05 Å². The lowest BCUT2D eigenvalue weighted by Gasteiger charge is -2.29. The molecule has 19 heavy (non-hydrogen) atoms. The van der Waals surface area contributed by atoms with Gasteiger partial charge in [0, 0.05) is 25.9 Å². The van der Waals surface area contributed by atoms with Gasteiger partial charge in [-0.3, -0.25) is 4.79 Å². The zero-order valence-corrected chi connectivity index (χ0v) is 11.2. The maximum atomic E-state index is 11.9. The van der Waals surface area contributed by atoms with E-state index in [1.54, 1.807) is 11.9 Å². The molecule has 0 spiro atoms. The monoisotopic (exact) mass is 261 g/mol. The average molecular weight is 261 g/mol. The van der Waals surface area contributed by atoms with Gasteiger partial charge in [0.1, 0.15) is 12.4 Å². The van der Waals surface area contributed by atoms with E-state index in [0.29, 0.717) is 12.8 Å². The van der Waals surface area contributed by atoms with E-state index in [2.05, 4.69) is 0 Å². The zero-order chi connectivity index (χ0) is 13.7. The van der Waals surface area contributed by atoms with Crippen LogP contribution >= 0.6 is 0 Å². The number of Topliss-reactive ketones (excluding diaryl/α,β-unsaturated/α-hetero) is 1. The normalized spacial score (nSPS) is 19.0. The second kappa shape index (κ2) is 6.36. The van der Waals surface area contributed by atoms with Gasteiger partial charge in [-0.2, -0.15) is 0 Å². The first kappa shape index (κ1) is 13.6. The SMILES string of the molecule is CN(C(=O)OCc1ccccc1)C1CCCC(=O)C1. The number of nitrogens with zero attached hydrogens (tertiary/aromatic N) is 1. The van der Waals surface area contributed by atoms with Crippen LogP contribution < -0.4 is 0 Å². The Kier molecular flexibility index (Phi) is 4.55. The first-order valence-corrected chi connectivity index (χ1v) is 6.62. The summed E-state index contributed by atoms with van der Waals surface area (Å²) in [6.45, 7) is 0.269. The van der Waals surface area contributed by atoms with E-state index in [4.69, 9.17) is 4.74 Å². The highest BCUT2D eigenvalue weighted by atomic mass is 16.6. The van der Waals surface area contributed by atoms with Crippen molar-refractivity contribution in [1.29, 1.82) is 0 Å². The van der Waals surface area contributed by atoms with Crippen LogP contribution in [0.15, 0.2) is 30.3 Å². The summed E-state index contributed by atoms with van der Waals surface area (Å²) in [4.78, 5) is 24.9. The second-order valence-corrected chi connectivity index (χ2v) is 4.94. The lowest BCUT2D eigenvalue weighted by atomic mass is 9.94. The van der Waals surface area contributed by atoms with Gasteiger partial charge in [0.2, 0.25) is 0 Å². The largest absolute Gasteiger partial charge is 0.445 e. The van der Waals surface area contributed by atoms with E-state index in [9.17, 15) is 9.59 Å². The predicted octanol–water partition coefficient (Wildman–Crippen LogP) is 2.77. The van der Waals surface area contributed by atoms with Crippen molar-refractivity contribution in [3.05, 3.63) is 35.9 Å². The summed E-state index contributed by atoms with van der Waals surface area (Å²) >= 11 is 0. The van der Waals surface area contributed by atoms with E-state index in [-0.39, 0.29) is 24.5 Å². The number of hydrogen-bond donors (Lipinski definition) is 0. The molecule has 0 aliphatic heterocycles. The van der Waals surface area contributed by atoms with Crippen LogP contribution in [0.5, 0.6) is 0 Å². The molecule has 1 aromatic carbocycles. The molecule has 0 bridgehead atoms. The van der Waals surface area contributed by atoms with Gasteiger partial charge in [-0.25, -0.2) is 4.79 Å². The molecule has 102 valence electrons. The molecule has 1 amide bonds. The lowest BCUT2D eigenvalue weighted by molar-refractivity contribution is -0.121. The van der Waals surface area contributed by atoms with Crippen molar-refractivity contribution in [1.82, 2.24) is 4.90 Å². The fourth-order valence-electron chi connectivity index (χ4n) is 2.30. The number of carbonyl (C=O) groups is 2. The number of hydrogen-bond acceptors (Lipinski definition) is 3. The van der Waals surface area contributed by atoms with Crippen LogP contribution in [0.3, 0.4) is 0 Å². The quantitative estimate of drug-likeness (QED) is 0.840. The van der Waals surface area contributed by atoms with Crippen molar-refractivity contribution in [3.8, 4) is 0 Å². The number of rotatable bonds is 3. The molecular weight excluding hydrogens is 242 g/mol. The topological polar surface area (TPSA) is 46.6 Å². The number of ether oxygens (including phenoxy) is 1. The highest BCUT2D eigenvalue weighted by molar-refractivity contribution is 5.80. The molecule has 1 aromatic rings. The van der Waals surface area contributed by atoms with Gasteiger partial charge < -0.3 is 9.64 Å². The highest BCUT2D eigenvalue weighted by Crippen LogP contribution is 2.20. The minimum atomic E-state index is -0.358. The van der Waals surface area contributed by atoms with Gasteiger partial charge in [0.05, 0.1) is 0 Å². The van der Waals surface area contributed by atoms with Crippen molar-refractivity contribution in [2.24, 2.45) is 0 Å². The van der Waals surface area contributed by atoms with Crippen LogP contribution in [0.4, 0.5) is 4.79 Å². The lowest BCUT2D eigenvalue weighted by Crippen LogP contribution is -2.40. The molecular formula is C15H19NO3. The van der Waals surface area contributed by atoms with Crippen LogP contribution in [0.2, 0.25) is 0 Å². The number of ketones is 1. The van der Waals surface area contributed by atoms with Gasteiger partial charge in [-0.1, -0.05) is 30.3 Å².